The van der Waals surface area contributed by atoms with E-state index < -0.39 is 0 Å². The number of thiocarbonyl (C=S) groups is 1. The van der Waals surface area contributed by atoms with Crippen LogP contribution in [0.25, 0.3) is 0 Å². The van der Waals surface area contributed by atoms with Crippen LogP contribution in [0.3, 0.4) is 0 Å². The van der Waals surface area contributed by atoms with E-state index in [0.717, 1.165) is 12.2 Å². The third-order valence-electron chi connectivity index (χ3n) is 2.78. The second kappa shape index (κ2) is 11.8. The van der Waals surface area contributed by atoms with Gasteiger partial charge in [0.25, 0.3) is 0 Å². The van der Waals surface area contributed by atoms with Crippen molar-refractivity contribution in [3.8, 4) is 0 Å². The SMILES string of the molecule is CCCCCCCN(C(=S)S)c1ccccc1.[Ba+2].[H-].[H-]. The molecule has 0 aliphatic heterocycles. The zero-order chi connectivity index (χ0) is 12.5. The Hall–Kier alpha value is 1.03. The molecule has 1 aromatic carbocycles. The van der Waals surface area contributed by atoms with E-state index in [4.69, 9.17) is 12.2 Å². The van der Waals surface area contributed by atoms with Gasteiger partial charge in [0, 0.05) is 12.2 Å². The molecule has 1 rings (SSSR count). The Morgan fingerprint density at radius 2 is 1.78 bits per heavy atom. The van der Waals surface area contributed by atoms with Crippen molar-refractivity contribution in [1.82, 2.24) is 0 Å². The van der Waals surface area contributed by atoms with Crippen LogP contribution in [0.1, 0.15) is 41.9 Å². The van der Waals surface area contributed by atoms with Crippen LogP contribution in [0.2, 0.25) is 0 Å². The number of para-hydroxylation sites is 1. The maximum absolute atomic E-state index is 5.19. The Labute approximate surface area is 165 Å². The van der Waals surface area contributed by atoms with Crippen molar-refractivity contribution in [3.63, 3.8) is 0 Å². The van der Waals surface area contributed by atoms with E-state index in [9.17, 15) is 0 Å². The van der Waals surface area contributed by atoms with Crippen LogP contribution in [-0.4, -0.2) is 59.7 Å². The average Bonchev–Trinajstić information content (AvgIpc) is 2.34. The molecule has 98 valence electrons. The summed E-state index contributed by atoms with van der Waals surface area (Å²) in [5, 5.41) is 0. The molecule has 0 amide bonds. The van der Waals surface area contributed by atoms with E-state index in [1.807, 2.05) is 18.2 Å². The van der Waals surface area contributed by atoms with Gasteiger partial charge >= 0.3 is 48.9 Å². The smallest absolute Gasteiger partial charge is 1.00 e. The fraction of sp³-hybridized carbons (Fsp3) is 0.500. The first-order chi connectivity index (χ1) is 8.25. The molecule has 1 aromatic rings. The summed E-state index contributed by atoms with van der Waals surface area (Å²) >= 11 is 9.50. The molecular weight excluding hydrogens is 384 g/mol. The van der Waals surface area contributed by atoms with Crippen LogP contribution in [0.15, 0.2) is 30.3 Å². The van der Waals surface area contributed by atoms with Gasteiger partial charge in [0.2, 0.25) is 0 Å². The molecular formula is C14H23BaNS2. The molecule has 0 aliphatic rings. The summed E-state index contributed by atoms with van der Waals surface area (Å²) in [6.07, 6.45) is 6.38. The largest absolute Gasteiger partial charge is 2.00 e. The average molecular weight is 407 g/mol. The predicted molar refractivity (Wildman–Crippen MR) is 92.1 cm³/mol. The third kappa shape index (κ3) is 7.58. The zero-order valence-corrected chi connectivity index (χ0v) is 17.3. The van der Waals surface area contributed by atoms with Crippen LogP contribution in [0, 0.1) is 0 Å². The quantitative estimate of drug-likeness (QED) is 0.307. The molecule has 0 saturated carbocycles. The maximum atomic E-state index is 5.19. The number of hydrogen-bond acceptors (Lipinski definition) is 1. The zero-order valence-electron chi connectivity index (χ0n) is 13.1. The van der Waals surface area contributed by atoms with E-state index in [2.05, 4.69) is 36.6 Å². The Bertz CT molecular complexity index is 339. The first-order valence-electron chi connectivity index (χ1n) is 6.31. The van der Waals surface area contributed by atoms with Crippen molar-refractivity contribution in [2.75, 3.05) is 11.4 Å². The van der Waals surface area contributed by atoms with Gasteiger partial charge in [-0.2, -0.15) is 0 Å². The molecule has 1 nitrogen and oxygen atoms in total. The molecule has 0 unspecified atom stereocenters. The topological polar surface area (TPSA) is 3.24 Å². The van der Waals surface area contributed by atoms with Crippen LogP contribution in [0.5, 0.6) is 0 Å². The fourth-order valence-electron chi connectivity index (χ4n) is 1.82. The van der Waals surface area contributed by atoms with Gasteiger partial charge in [0.1, 0.15) is 4.32 Å². The monoisotopic (exact) mass is 407 g/mol. The van der Waals surface area contributed by atoms with E-state index >= 15 is 0 Å². The standard InChI is InChI=1S/C14H21NS2.Ba.2H/c1-2-3-4-5-9-12-15(14(16)17)13-10-7-6-8-11-13;;;/h6-8,10-11H,2-5,9,12H2,1H3,(H,16,17);;;/q;+2;2*-1. The van der Waals surface area contributed by atoms with Crippen molar-refractivity contribution >= 4 is 83.7 Å². The molecule has 0 atom stereocenters. The maximum Gasteiger partial charge on any atom is 2.00 e. The van der Waals surface area contributed by atoms with E-state index in [1.165, 1.54) is 32.1 Å². The van der Waals surface area contributed by atoms with Gasteiger partial charge in [0.05, 0.1) is 0 Å². The Morgan fingerprint density at radius 3 is 2.33 bits per heavy atom. The van der Waals surface area contributed by atoms with Gasteiger partial charge in [0.15, 0.2) is 0 Å². The van der Waals surface area contributed by atoms with Gasteiger partial charge in [-0.3, -0.25) is 0 Å². The number of unbranched alkanes of at least 4 members (excludes halogenated alkanes) is 4. The van der Waals surface area contributed by atoms with Crippen LogP contribution >= 0.6 is 24.8 Å². The van der Waals surface area contributed by atoms with Crippen molar-refractivity contribution in [2.24, 2.45) is 0 Å². The number of hydrogen-bond donors (Lipinski definition) is 1. The second-order valence-corrected chi connectivity index (χ2v) is 5.30. The van der Waals surface area contributed by atoms with Gasteiger partial charge in [-0.15, -0.1) is 12.6 Å². The summed E-state index contributed by atoms with van der Waals surface area (Å²) in [4.78, 5) is 2.10. The molecule has 18 heavy (non-hydrogen) atoms. The molecule has 0 spiro atoms. The molecule has 0 saturated heterocycles. The minimum atomic E-state index is 0. The Balaban J connectivity index is -0.000000963. The number of rotatable bonds is 7. The molecule has 0 heterocycles. The van der Waals surface area contributed by atoms with Crippen LogP contribution in [-0.2, 0) is 0 Å². The number of thiol groups is 1. The van der Waals surface area contributed by atoms with E-state index in [1.54, 1.807) is 0 Å². The second-order valence-electron chi connectivity index (χ2n) is 4.18. The normalized spacial score (nSPS) is 9.67. The molecule has 0 aromatic heterocycles. The third-order valence-corrected chi connectivity index (χ3v) is 3.25. The van der Waals surface area contributed by atoms with Gasteiger partial charge in [-0.1, -0.05) is 63.0 Å². The summed E-state index contributed by atoms with van der Waals surface area (Å²) < 4.78 is 0.659. The Morgan fingerprint density at radius 1 is 1.17 bits per heavy atom. The van der Waals surface area contributed by atoms with E-state index in [0.29, 0.717) is 4.32 Å². The predicted octanol–water partition coefficient (Wildman–Crippen LogP) is 4.52. The molecule has 4 heteroatoms. The van der Waals surface area contributed by atoms with Gasteiger partial charge < -0.3 is 7.75 Å². The van der Waals surface area contributed by atoms with Crippen LogP contribution in [0.4, 0.5) is 5.69 Å². The van der Waals surface area contributed by atoms with E-state index in [-0.39, 0.29) is 51.7 Å². The first-order valence-corrected chi connectivity index (χ1v) is 7.16. The fourth-order valence-corrected chi connectivity index (χ4v) is 2.23. The van der Waals surface area contributed by atoms with Crippen molar-refractivity contribution < 1.29 is 2.85 Å². The summed E-state index contributed by atoms with van der Waals surface area (Å²) in [6, 6.07) is 10.2. The first kappa shape index (κ1) is 19.0. The Kier molecular flexibility index (Phi) is 12.5. The molecule has 0 bridgehead atoms. The summed E-state index contributed by atoms with van der Waals surface area (Å²) in [7, 11) is 0. The van der Waals surface area contributed by atoms with Crippen molar-refractivity contribution in [3.05, 3.63) is 30.3 Å². The number of benzene rings is 1. The molecule has 0 fully saturated rings. The number of anilines is 1. The minimum Gasteiger partial charge on any atom is -1.00 e. The molecule has 0 aliphatic carbocycles. The van der Waals surface area contributed by atoms with Crippen LogP contribution < -0.4 is 4.90 Å². The van der Waals surface area contributed by atoms with Gasteiger partial charge in [-0.05, 0) is 18.6 Å². The summed E-state index contributed by atoms with van der Waals surface area (Å²) in [6.45, 7) is 3.20. The minimum absolute atomic E-state index is 0. The summed E-state index contributed by atoms with van der Waals surface area (Å²) in [5.41, 5.74) is 1.14. The van der Waals surface area contributed by atoms with Crippen molar-refractivity contribution in [2.45, 2.75) is 39.0 Å². The summed E-state index contributed by atoms with van der Waals surface area (Å²) in [5.74, 6) is 0. The number of nitrogens with zero attached hydrogens (tertiary/aromatic N) is 1. The van der Waals surface area contributed by atoms with Crippen molar-refractivity contribution in [1.29, 1.82) is 0 Å². The van der Waals surface area contributed by atoms with Gasteiger partial charge in [-0.25, -0.2) is 0 Å². The molecule has 0 radical (unpaired) electrons. The molecule has 0 N–H and O–H groups in total.